The van der Waals surface area contributed by atoms with E-state index in [1.165, 1.54) is 32.0 Å². The Hall–Kier alpha value is -3.40. The third kappa shape index (κ3) is 4.70. The number of carbonyl (C=O) groups is 3. The number of nitrogens with zero attached hydrogens (tertiary/aromatic N) is 3. The minimum atomic E-state index is -0.575. The number of aryl methyl sites for hydroxylation is 1. The van der Waals surface area contributed by atoms with Gasteiger partial charge in [0.15, 0.2) is 5.78 Å². The minimum Gasteiger partial charge on any atom is -0.465 e. The number of Topliss-reactive ketones (excluding diaryl/α,β-unsaturated/α-hetero) is 1. The number of hydrogen-bond donors (Lipinski definition) is 1. The number of hydrogen-bond acceptors (Lipinski definition) is 8. The Morgan fingerprint density at radius 3 is 2.27 bits per heavy atom. The third-order valence-corrected chi connectivity index (χ3v) is 6.38. The fourth-order valence-corrected chi connectivity index (χ4v) is 4.41. The minimum absolute atomic E-state index is 0.0607. The molecule has 1 aromatic carbocycles. The van der Waals surface area contributed by atoms with Gasteiger partial charge in [0.05, 0.1) is 31.1 Å². The van der Waals surface area contributed by atoms with Crippen LogP contribution in [0.2, 0.25) is 0 Å². The van der Waals surface area contributed by atoms with E-state index < -0.39 is 11.9 Å². The molecule has 172 valence electrons. The molecule has 1 aliphatic carbocycles. The Morgan fingerprint density at radius 1 is 1.06 bits per heavy atom. The third-order valence-electron chi connectivity index (χ3n) is 5.53. The first-order valence-corrected chi connectivity index (χ1v) is 11.4. The molecule has 0 amide bonds. The van der Waals surface area contributed by atoms with Crippen LogP contribution in [0, 0.1) is 13.8 Å². The van der Waals surface area contributed by atoms with Gasteiger partial charge in [0.1, 0.15) is 5.82 Å². The summed E-state index contributed by atoms with van der Waals surface area (Å²) in [5, 5.41) is 7.69. The second-order valence-corrected chi connectivity index (χ2v) is 8.80. The number of esters is 2. The Balaban J connectivity index is 1.61. The fourth-order valence-electron chi connectivity index (χ4n) is 3.72. The van der Waals surface area contributed by atoms with Crippen LogP contribution in [0.3, 0.4) is 0 Å². The summed E-state index contributed by atoms with van der Waals surface area (Å²) in [5.74, 6) is 0.340. The van der Waals surface area contributed by atoms with Crippen molar-refractivity contribution in [3.05, 3.63) is 58.2 Å². The Bertz CT molecular complexity index is 1210. The quantitative estimate of drug-likeness (QED) is 0.303. The topological polar surface area (TPSA) is 116 Å². The molecule has 10 heteroatoms. The summed E-state index contributed by atoms with van der Waals surface area (Å²) in [6.07, 6.45) is 2.25. The molecule has 2 aromatic heterocycles. The van der Waals surface area contributed by atoms with Crippen molar-refractivity contribution in [3.63, 3.8) is 0 Å². The maximum Gasteiger partial charge on any atom is 0.337 e. The van der Waals surface area contributed by atoms with Crippen LogP contribution in [0.1, 0.15) is 67.0 Å². The number of aromatic nitrogens is 4. The summed E-state index contributed by atoms with van der Waals surface area (Å²) >= 11 is 1.29. The van der Waals surface area contributed by atoms with Crippen LogP contribution in [0.15, 0.2) is 29.4 Å². The van der Waals surface area contributed by atoms with Crippen LogP contribution >= 0.6 is 11.8 Å². The largest absolute Gasteiger partial charge is 0.465 e. The molecule has 0 bridgehead atoms. The highest BCUT2D eigenvalue weighted by atomic mass is 32.2. The number of ether oxygens (including phenoxy) is 2. The number of thioether (sulfide) groups is 1. The van der Waals surface area contributed by atoms with Crippen molar-refractivity contribution >= 4 is 29.5 Å². The van der Waals surface area contributed by atoms with Gasteiger partial charge >= 0.3 is 11.9 Å². The van der Waals surface area contributed by atoms with Crippen LogP contribution in [0.5, 0.6) is 0 Å². The molecular formula is C23H24N4O5S. The van der Waals surface area contributed by atoms with Crippen molar-refractivity contribution < 1.29 is 23.9 Å². The molecule has 0 radical (unpaired) electrons. The second-order valence-electron chi connectivity index (χ2n) is 7.86. The van der Waals surface area contributed by atoms with Gasteiger partial charge in [-0.1, -0.05) is 11.8 Å². The molecule has 3 aromatic rings. The predicted molar refractivity (Wildman–Crippen MR) is 121 cm³/mol. The van der Waals surface area contributed by atoms with Gasteiger partial charge in [-0.05, 0) is 51.0 Å². The zero-order valence-electron chi connectivity index (χ0n) is 18.8. The first-order valence-electron chi connectivity index (χ1n) is 10.4. The second kappa shape index (κ2) is 9.22. The van der Waals surface area contributed by atoms with E-state index in [-0.39, 0.29) is 22.7 Å². The molecule has 1 N–H and O–H groups in total. The highest BCUT2D eigenvalue weighted by Crippen LogP contribution is 2.38. The highest BCUT2D eigenvalue weighted by molar-refractivity contribution is 7.99. The number of nitrogens with one attached hydrogen (secondary N) is 1. The molecule has 1 fully saturated rings. The fraction of sp³-hybridized carbons (Fsp3) is 0.348. The van der Waals surface area contributed by atoms with E-state index >= 15 is 0 Å². The molecular weight excluding hydrogens is 444 g/mol. The number of aromatic amines is 1. The lowest BCUT2D eigenvalue weighted by atomic mass is 10.1. The molecule has 0 atom stereocenters. The van der Waals surface area contributed by atoms with E-state index in [0.717, 1.165) is 24.4 Å². The Morgan fingerprint density at radius 2 is 1.70 bits per heavy atom. The molecule has 1 aliphatic rings. The van der Waals surface area contributed by atoms with Crippen molar-refractivity contribution in [1.82, 2.24) is 19.7 Å². The van der Waals surface area contributed by atoms with E-state index in [1.54, 1.807) is 18.2 Å². The maximum absolute atomic E-state index is 13.0. The average Bonchev–Trinajstić information content (AvgIpc) is 3.49. The lowest BCUT2D eigenvalue weighted by molar-refractivity contribution is 0.0599. The standard InChI is InChI=1S/C23H24N4O5S/c1-12-7-18(19(28)11-33-23-24-20(25-26-23)14-5-6-14)13(2)27(12)17-9-15(21(29)31-3)8-16(10-17)22(30)32-4/h7-10,14H,5-6,11H2,1-4H3,(H,24,25,26). The first kappa shape index (κ1) is 22.8. The van der Waals surface area contributed by atoms with Crippen LogP contribution < -0.4 is 0 Å². The molecule has 33 heavy (non-hydrogen) atoms. The zero-order valence-corrected chi connectivity index (χ0v) is 19.6. The van der Waals surface area contributed by atoms with Gasteiger partial charge in [0, 0.05) is 28.6 Å². The maximum atomic E-state index is 13.0. The molecule has 0 aliphatic heterocycles. The van der Waals surface area contributed by atoms with E-state index in [0.29, 0.717) is 28.0 Å². The number of H-pyrrole nitrogens is 1. The van der Waals surface area contributed by atoms with Crippen LogP contribution in [0.25, 0.3) is 5.69 Å². The van der Waals surface area contributed by atoms with Crippen LogP contribution in [0.4, 0.5) is 0 Å². The summed E-state index contributed by atoms with van der Waals surface area (Å²) in [6, 6.07) is 6.46. The summed E-state index contributed by atoms with van der Waals surface area (Å²) in [5.41, 5.74) is 3.02. The van der Waals surface area contributed by atoms with E-state index in [4.69, 9.17) is 9.47 Å². The van der Waals surface area contributed by atoms with E-state index in [9.17, 15) is 14.4 Å². The van der Waals surface area contributed by atoms with Gasteiger partial charge < -0.3 is 14.0 Å². The summed E-state index contributed by atoms with van der Waals surface area (Å²) in [4.78, 5) is 41.7. The predicted octanol–water partition coefficient (Wildman–Crippen LogP) is 3.64. The molecule has 0 unspecified atom stereocenters. The Labute approximate surface area is 194 Å². The smallest absolute Gasteiger partial charge is 0.337 e. The highest BCUT2D eigenvalue weighted by Gasteiger charge is 2.27. The normalized spacial score (nSPS) is 13.1. The van der Waals surface area contributed by atoms with Gasteiger partial charge in [-0.25, -0.2) is 14.6 Å². The van der Waals surface area contributed by atoms with Crippen molar-refractivity contribution in [3.8, 4) is 5.69 Å². The van der Waals surface area contributed by atoms with Crippen molar-refractivity contribution in [2.75, 3.05) is 20.0 Å². The van der Waals surface area contributed by atoms with Gasteiger partial charge in [0.25, 0.3) is 0 Å². The number of carbonyl (C=O) groups excluding carboxylic acids is 3. The Kier molecular flexibility index (Phi) is 6.37. The number of methoxy groups -OCH3 is 2. The van der Waals surface area contributed by atoms with Crippen molar-refractivity contribution in [2.24, 2.45) is 0 Å². The van der Waals surface area contributed by atoms with Gasteiger partial charge in [-0.2, -0.15) is 0 Å². The van der Waals surface area contributed by atoms with Crippen LogP contribution in [-0.2, 0) is 9.47 Å². The van der Waals surface area contributed by atoms with Crippen molar-refractivity contribution in [1.29, 1.82) is 0 Å². The summed E-state index contributed by atoms with van der Waals surface area (Å²) in [7, 11) is 2.55. The zero-order chi connectivity index (χ0) is 23.7. The van der Waals surface area contributed by atoms with Gasteiger partial charge in [-0.15, -0.1) is 5.10 Å². The SMILES string of the molecule is COC(=O)c1cc(C(=O)OC)cc(-n2c(C)cc(C(=O)CSc3n[nH]c(C4CC4)n3)c2C)c1. The number of rotatable bonds is 8. The first-order chi connectivity index (χ1) is 15.8. The molecule has 4 rings (SSSR count). The lowest BCUT2D eigenvalue weighted by Gasteiger charge is -2.13. The van der Waals surface area contributed by atoms with Gasteiger partial charge in [-0.3, -0.25) is 9.89 Å². The van der Waals surface area contributed by atoms with Gasteiger partial charge in [0.2, 0.25) is 5.16 Å². The average molecular weight is 469 g/mol. The lowest BCUT2D eigenvalue weighted by Crippen LogP contribution is -2.10. The molecule has 2 heterocycles. The monoisotopic (exact) mass is 468 g/mol. The summed E-state index contributed by atoms with van der Waals surface area (Å²) < 4.78 is 11.5. The number of ketones is 1. The molecule has 0 spiro atoms. The summed E-state index contributed by atoms with van der Waals surface area (Å²) in [6.45, 7) is 3.68. The van der Waals surface area contributed by atoms with E-state index in [1.807, 2.05) is 18.4 Å². The van der Waals surface area contributed by atoms with Crippen molar-refractivity contribution in [2.45, 2.75) is 37.8 Å². The molecule has 1 saturated carbocycles. The number of benzene rings is 1. The van der Waals surface area contributed by atoms with Crippen LogP contribution in [-0.4, -0.2) is 57.4 Å². The molecule has 9 nitrogen and oxygen atoms in total. The molecule has 0 saturated heterocycles. The van der Waals surface area contributed by atoms with E-state index in [2.05, 4.69) is 15.2 Å².